The quantitative estimate of drug-likeness (QED) is 0.694. The first kappa shape index (κ1) is 10.2. The van der Waals surface area contributed by atoms with E-state index in [1.165, 1.54) is 25.7 Å². The summed E-state index contributed by atoms with van der Waals surface area (Å²) in [7, 11) is 0. The number of nitrogens with zero attached hydrogens (tertiary/aromatic N) is 2. The van der Waals surface area contributed by atoms with Crippen molar-refractivity contribution in [3.8, 4) is 0 Å². The van der Waals surface area contributed by atoms with Crippen LogP contribution in [-0.2, 0) is 0 Å². The average Bonchev–Trinajstić information content (AvgIpc) is 2.97. The number of nitrogens with one attached hydrogen (secondary N) is 2. The number of hydrogen-bond acceptors (Lipinski definition) is 4. The van der Waals surface area contributed by atoms with E-state index in [1.807, 2.05) is 0 Å². The first-order valence-corrected chi connectivity index (χ1v) is 6.16. The molecule has 1 unspecified atom stereocenters. The summed E-state index contributed by atoms with van der Waals surface area (Å²) < 4.78 is 0. The largest absolute Gasteiger partial charge is 0.392 e. The molecule has 1 aliphatic carbocycles. The Kier molecular flexibility index (Phi) is 2.65. The van der Waals surface area contributed by atoms with E-state index in [-0.39, 0.29) is 12.1 Å². The Hall–Kier alpha value is -0.940. The van der Waals surface area contributed by atoms with Crippen molar-refractivity contribution in [1.29, 1.82) is 0 Å². The summed E-state index contributed by atoms with van der Waals surface area (Å²) in [6.45, 7) is 0.657. The highest BCUT2D eigenvalue weighted by Gasteiger charge is 2.28. The SMILES string of the molecule is OC1CN[C@H](c2nc(C3CCCC3)n[nH]2)C1. The molecule has 5 nitrogen and oxygen atoms in total. The summed E-state index contributed by atoms with van der Waals surface area (Å²) in [5.41, 5.74) is 0. The van der Waals surface area contributed by atoms with Gasteiger partial charge in [-0.05, 0) is 19.3 Å². The van der Waals surface area contributed by atoms with Gasteiger partial charge in [-0.2, -0.15) is 5.10 Å². The lowest BCUT2D eigenvalue weighted by Crippen LogP contribution is -2.15. The number of H-pyrrole nitrogens is 1. The topological polar surface area (TPSA) is 73.8 Å². The molecule has 3 N–H and O–H groups in total. The molecule has 1 aromatic rings. The first-order valence-electron chi connectivity index (χ1n) is 6.16. The summed E-state index contributed by atoms with van der Waals surface area (Å²) in [6, 6.07) is 0.151. The maximum atomic E-state index is 9.45. The van der Waals surface area contributed by atoms with Crippen molar-refractivity contribution in [1.82, 2.24) is 20.5 Å². The van der Waals surface area contributed by atoms with Crippen LogP contribution >= 0.6 is 0 Å². The van der Waals surface area contributed by atoms with Gasteiger partial charge in [-0.3, -0.25) is 5.10 Å². The Balaban J connectivity index is 1.72. The molecule has 2 heterocycles. The maximum Gasteiger partial charge on any atom is 0.153 e. The highest BCUT2D eigenvalue weighted by Crippen LogP contribution is 2.32. The lowest BCUT2D eigenvalue weighted by molar-refractivity contribution is 0.193. The van der Waals surface area contributed by atoms with E-state index in [9.17, 15) is 5.11 Å². The van der Waals surface area contributed by atoms with Gasteiger partial charge in [0.15, 0.2) is 5.82 Å². The van der Waals surface area contributed by atoms with Gasteiger partial charge in [0.25, 0.3) is 0 Å². The van der Waals surface area contributed by atoms with Crippen molar-refractivity contribution in [3.05, 3.63) is 11.6 Å². The van der Waals surface area contributed by atoms with Crippen LogP contribution < -0.4 is 5.32 Å². The van der Waals surface area contributed by atoms with Crippen LogP contribution in [0, 0.1) is 0 Å². The second-order valence-electron chi connectivity index (χ2n) is 4.91. The summed E-state index contributed by atoms with van der Waals surface area (Å²) >= 11 is 0. The summed E-state index contributed by atoms with van der Waals surface area (Å²) in [4.78, 5) is 4.57. The third-order valence-electron chi connectivity index (χ3n) is 3.68. The number of β-amino-alcohol motifs (C(OH)–C–C–N with tert-alkyl or cyclic N) is 1. The maximum absolute atomic E-state index is 9.45. The fourth-order valence-corrected chi connectivity index (χ4v) is 2.74. The van der Waals surface area contributed by atoms with Crippen LogP contribution in [0.25, 0.3) is 0 Å². The fourth-order valence-electron chi connectivity index (χ4n) is 2.74. The zero-order valence-electron chi connectivity index (χ0n) is 9.32. The van der Waals surface area contributed by atoms with E-state index in [0.29, 0.717) is 12.5 Å². The van der Waals surface area contributed by atoms with E-state index in [2.05, 4.69) is 20.5 Å². The number of aromatic nitrogens is 3. The number of aliphatic hydroxyl groups excluding tert-OH is 1. The molecule has 0 aromatic carbocycles. The average molecular weight is 222 g/mol. The minimum Gasteiger partial charge on any atom is -0.392 e. The highest BCUT2D eigenvalue weighted by atomic mass is 16.3. The molecule has 0 bridgehead atoms. The van der Waals surface area contributed by atoms with E-state index < -0.39 is 0 Å². The van der Waals surface area contributed by atoms with E-state index in [0.717, 1.165) is 18.1 Å². The molecule has 1 saturated carbocycles. The molecular formula is C11H18N4O. The zero-order valence-corrected chi connectivity index (χ0v) is 9.32. The minimum absolute atomic E-state index is 0.151. The normalized spacial score (nSPS) is 31.3. The molecule has 16 heavy (non-hydrogen) atoms. The fraction of sp³-hybridized carbons (Fsp3) is 0.818. The van der Waals surface area contributed by atoms with E-state index in [4.69, 9.17) is 0 Å². The lowest BCUT2D eigenvalue weighted by atomic mass is 10.1. The molecule has 5 heteroatoms. The number of aliphatic hydroxyl groups is 1. The van der Waals surface area contributed by atoms with Crippen molar-refractivity contribution >= 4 is 0 Å². The second-order valence-corrected chi connectivity index (χ2v) is 4.91. The molecule has 1 aromatic heterocycles. The number of hydrogen-bond donors (Lipinski definition) is 3. The molecule has 88 valence electrons. The molecule has 1 saturated heterocycles. The number of rotatable bonds is 2. The Bertz CT molecular complexity index is 359. The van der Waals surface area contributed by atoms with Crippen LogP contribution in [0.4, 0.5) is 0 Å². The highest BCUT2D eigenvalue weighted by molar-refractivity contribution is 5.05. The van der Waals surface area contributed by atoms with Crippen molar-refractivity contribution < 1.29 is 5.11 Å². The Morgan fingerprint density at radius 2 is 2.06 bits per heavy atom. The third kappa shape index (κ3) is 1.85. The van der Waals surface area contributed by atoms with Gasteiger partial charge in [0.05, 0.1) is 12.1 Å². The predicted octanol–water partition coefficient (Wildman–Crippen LogP) is 0.858. The van der Waals surface area contributed by atoms with Gasteiger partial charge in [-0.1, -0.05) is 12.8 Å². The van der Waals surface area contributed by atoms with Gasteiger partial charge in [0.2, 0.25) is 0 Å². The zero-order chi connectivity index (χ0) is 11.0. The predicted molar refractivity (Wildman–Crippen MR) is 59.0 cm³/mol. The Morgan fingerprint density at radius 3 is 2.75 bits per heavy atom. The third-order valence-corrected chi connectivity index (χ3v) is 3.68. The Morgan fingerprint density at radius 1 is 1.25 bits per heavy atom. The summed E-state index contributed by atoms with van der Waals surface area (Å²) in [5.74, 6) is 2.41. The number of aromatic amines is 1. The van der Waals surface area contributed by atoms with Crippen molar-refractivity contribution in [2.24, 2.45) is 0 Å². The molecule has 0 radical (unpaired) electrons. The van der Waals surface area contributed by atoms with Crippen LogP contribution in [0.5, 0.6) is 0 Å². The molecule has 0 amide bonds. The lowest BCUT2D eigenvalue weighted by Gasteiger charge is -2.05. The molecule has 0 spiro atoms. The minimum atomic E-state index is -0.245. The molecular weight excluding hydrogens is 204 g/mol. The van der Waals surface area contributed by atoms with Crippen molar-refractivity contribution in [2.75, 3.05) is 6.54 Å². The van der Waals surface area contributed by atoms with Gasteiger partial charge >= 0.3 is 0 Å². The van der Waals surface area contributed by atoms with Gasteiger partial charge in [-0.25, -0.2) is 4.98 Å². The van der Waals surface area contributed by atoms with E-state index in [1.54, 1.807) is 0 Å². The van der Waals surface area contributed by atoms with E-state index >= 15 is 0 Å². The van der Waals surface area contributed by atoms with Crippen LogP contribution in [0.15, 0.2) is 0 Å². The van der Waals surface area contributed by atoms with Crippen LogP contribution in [0.2, 0.25) is 0 Å². The molecule has 1 aliphatic heterocycles. The summed E-state index contributed by atoms with van der Waals surface area (Å²) in [5, 5.41) is 20.0. The van der Waals surface area contributed by atoms with Gasteiger partial charge in [0.1, 0.15) is 5.82 Å². The smallest absolute Gasteiger partial charge is 0.153 e. The molecule has 2 atom stereocenters. The molecule has 2 aliphatic rings. The standard InChI is InChI=1S/C11H18N4O/c16-8-5-9(12-6-8)11-13-10(14-15-11)7-3-1-2-4-7/h7-9,12,16H,1-6H2,(H,13,14,15)/t8?,9-/m0/s1. The van der Waals surface area contributed by atoms with Crippen molar-refractivity contribution in [3.63, 3.8) is 0 Å². The van der Waals surface area contributed by atoms with Crippen molar-refractivity contribution in [2.45, 2.75) is 50.2 Å². The molecule has 2 fully saturated rings. The monoisotopic (exact) mass is 222 g/mol. The van der Waals surface area contributed by atoms with Crippen LogP contribution in [0.3, 0.4) is 0 Å². The van der Waals surface area contributed by atoms with Crippen LogP contribution in [-0.4, -0.2) is 32.9 Å². The van der Waals surface area contributed by atoms with Gasteiger partial charge < -0.3 is 10.4 Å². The van der Waals surface area contributed by atoms with Gasteiger partial charge in [-0.15, -0.1) is 0 Å². The molecule has 3 rings (SSSR count). The second kappa shape index (κ2) is 4.14. The van der Waals surface area contributed by atoms with Crippen LogP contribution in [0.1, 0.15) is 55.7 Å². The first-order chi connectivity index (χ1) is 7.83. The summed E-state index contributed by atoms with van der Waals surface area (Å²) in [6.07, 6.45) is 5.53. The van der Waals surface area contributed by atoms with Gasteiger partial charge in [0, 0.05) is 12.5 Å². The Labute approximate surface area is 94.7 Å².